The largest absolute Gasteiger partial charge is 0.279 e. The second kappa shape index (κ2) is 3.21. The van der Waals surface area contributed by atoms with Crippen LogP contribution < -0.4 is 0 Å². The zero-order valence-corrected chi connectivity index (χ0v) is 9.84. The number of carbonyl (C=O) groups excluding carboxylic acids is 2. The molecule has 0 N–H and O–H groups in total. The van der Waals surface area contributed by atoms with Gasteiger partial charge in [0.2, 0.25) is 11.8 Å². The molecule has 0 aromatic rings. The Labute approximate surface area is 101 Å². The van der Waals surface area contributed by atoms with Gasteiger partial charge < -0.3 is 0 Å². The minimum atomic E-state index is -0.00176. The van der Waals surface area contributed by atoms with Crippen molar-refractivity contribution in [3.63, 3.8) is 0 Å². The third kappa shape index (κ3) is 1.12. The third-order valence-electron chi connectivity index (χ3n) is 5.19. The average Bonchev–Trinajstić information content (AvgIpc) is 3.03. The summed E-state index contributed by atoms with van der Waals surface area (Å²) < 4.78 is 0. The molecule has 0 spiro atoms. The van der Waals surface area contributed by atoms with Crippen molar-refractivity contribution in [2.24, 2.45) is 23.7 Å². The first-order valence-corrected chi connectivity index (χ1v) is 6.82. The predicted octanol–water partition coefficient (Wildman–Crippen LogP) is 1.74. The summed E-state index contributed by atoms with van der Waals surface area (Å²) >= 11 is 0. The van der Waals surface area contributed by atoms with E-state index in [-0.39, 0.29) is 29.7 Å². The van der Waals surface area contributed by atoms with E-state index in [1.807, 2.05) is 0 Å². The van der Waals surface area contributed by atoms with Crippen molar-refractivity contribution in [2.75, 3.05) is 0 Å². The molecule has 2 saturated carbocycles. The molecule has 3 heteroatoms. The van der Waals surface area contributed by atoms with Gasteiger partial charge in [-0.1, -0.05) is 25.0 Å². The highest BCUT2D eigenvalue weighted by atomic mass is 16.2. The molecular weight excluding hydrogens is 214 g/mol. The molecule has 4 aliphatic rings. The van der Waals surface area contributed by atoms with Crippen LogP contribution in [-0.2, 0) is 9.59 Å². The molecule has 17 heavy (non-hydrogen) atoms. The van der Waals surface area contributed by atoms with Gasteiger partial charge in [-0.3, -0.25) is 14.5 Å². The standard InChI is InChI=1S/C14H17NO2/c16-13-11-8-5-6-9(7-8)12(11)14(17)15(13)10-3-1-2-4-10/h5-6,8-12H,1-4,7H2/t8-,9+,11-,12-/m0/s1. The van der Waals surface area contributed by atoms with Gasteiger partial charge in [-0.2, -0.15) is 0 Å². The molecule has 4 rings (SSSR count). The molecule has 90 valence electrons. The lowest BCUT2D eigenvalue weighted by atomic mass is 9.85. The lowest BCUT2D eigenvalue weighted by Crippen LogP contribution is -2.40. The quantitative estimate of drug-likeness (QED) is 0.509. The van der Waals surface area contributed by atoms with Crippen molar-refractivity contribution in [3.05, 3.63) is 12.2 Å². The highest BCUT2D eigenvalue weighted by molar-refractivity contribution is 6.06. The molecule has 3 nitrogen and oxygen atoms in total. The minimum absolute atomic E-state index is 0.00176. The number of hydrogen-bond acceptors (Lipinski definition) is 2. The Bertz CT molecular complexity index is 392. The van der Waals surface area contributed by atoms with Crippen molar-refractivity contribution < 1.29 is 9.59 Å². The van der Waals surface area contributed by atoms with Gasteiger partial charge in [0, 0.05) is 6.04 Å². The molecule has 0 aromatic heterocycles. The van der Waals surface area contributed by atoms with Gasteiger partial charge in [-0.05, 0) is 31.1 Å². The van der Waals surface area contributed by atoms with Gasteiger partial charge in [0.05, 0.1) is 11.8 Å². The van der Waals surface area contributed by atoms with Gasteiger partial charge in [-0.15, -0.1) is 0 Å². The molecule has 1 saturated heterocycles. The highest BCUT2D eigenvalue weighted by Gasteiger charge is 2.60. The minimum Gasteiger partial charge on any atom is -0.279 e. The topological polar surface area (TPSA) is 37.4 Å². The number of rotatable bonds is 1. The number of likely N-dealkylation sites (tertiary alicyclic amines) is 1. The number of nitrogens with zero attached hydrogens (tertiary/aromatic N) is 1. The van der Waals surface area contributed by atoms with Crippen LogP contribution in [-0.4, -0.2) is 22.8 Å². The molecule has 2 amide bonds. The fourth-order valence-corrected chi connectivity index (χ4v) is 4.45. The zero-order valence-electron chi connectivity index (χ0n) is 9.84. The van der Waals surface area contributed by atoms with Crippen molar-refractivity contribution in [2.45, 2.75) is 38.1 Å². The molecule has 0 radical (unpaired) electrons. The molecule has 3 aliphatic carbocycles. The first-order valence-electron chi connectivity index (χ1n) is 6.82. The van der Waals surface area contributed by atoms with Crippen LogP contribution >= 0.6 is 0 Å². The van der Waals surface area contributed by atoms with Crippen molar-refractivity contribution in [3.8, 4) is 0 Å². The molecular formula is C14H17NO2. The van der Waals surface area contributed by atoms with Crippen LogP contribution in [0.25, 0.3) is 0 Å². The zero-order chi connectivity index (χ0) is 11.6. The third-order valence-corrected chi connectivity index (χ3v) is 5.19. The molecule has 1 heterocycles. The van der Waals surface area contributed by atoms with E-state index in [4.69, 9.17) is 0 Å². The Morgan fingerprint density at radius 3 is 2.00 bits per heavy atom. The molecule has 4 atom stereocenters. The van der Waals surface area contributed by atoms with Crippen LogP contribution in [0.2, 0.25) is 0 Å². The summed E-state index contributed by atoms with van der Waals surface area (Å²) in [4.78, 5) is 26.5. The second-order valence-corrected chi connectivity index (χ2v) is 5.98. The summed E-state index contributed by atoms with van der Waals surface area (Å²) in [5, 5.41) is 0. The van der Waals surface area contributed by atoms with Crippen molar-refractivity contribution in [1.82, 2.24) is 4.90 Å². The normalized spacial score (nSPS) is 44.1. The molecule has 0 unspecified atom stereocenters. The van der Waals surface area contributed by atoms with E-state index in [1.165, 1.54) is 12.8 Å². The number of imide groups is 1. The van der Waals surface area contributed by atoms with Gasteiger partial charge in [-0.25, -0.2) is 0 Å². The number of allylic oxidation sites excluding steroid dienone is 2. The van der Waals surface area contributed by atoms with E-state index in [0.29, 0.717) is 11.8 Å². The van der Waals surface area contributed by atoms with Crippen molar-refractivity contribution >= 4 is 11.8 Å². The predicted molar refractivity (Wildman–Crippen MR) is 61.8 cm³/mol. The SMILES string of the molecule is O=C1[C@@H]2[C@@H](C(=O)N1C1CCCC1)[C@H]1C=C[C@@H]2C1. The van der Waals surface area contributed by atoms with E-state index in [9.17, 15) is 9.59 Å². The molecule has 1 aliphatic heterocycles. The Hall–Kier alpha value is -1.12. The Kier molecular flexibility index (Phi) is 1.86. The molecule has 0 aromatic carbocycles. The first-order chi connectivity index (χ1) is 8.27. The van der Waals surface area contributed by atoms with Crippen molar-refractivity contribution in [1.29, 1.82) is 0 Å². The molecule has 2 bridgehead atoms. The monoisotopic (exact) mass is 231 g/mol. The van der Waals surface area contributed by atoms with E-state index >= 15 is 0 Å². The number of carbonyl (C=O) groups is 2. The van der Waals surface area contributed by atoms with Crippen LogP contribution in [0.4, 0.5) is 0 Å². The van der Waals surface area contributed by atoms with E-state index in [0.717, 1.165) is 19.3 Å². The maximum atomic E-state index is 12.4. The Balaban J connectivity index is 1.68. The van der Waals surface area contributed by atoms with Crippen LogP contribution in [0.5, 0.6) is 0 Å². The van der Waals surface area contributed by atoms with Gasteiger partial charge >= 0.3 is 0 Å². The van der Waals surface area contributed by atoms with Crippen LogP contribution in [0.15, 0.2) is 12.2 Å². The van der Waals surface area contributed by atoms with E-state index < -0.39 is 0 Å². The average molecular weight is 231 g/mol. The fourth-order valence-electron chi connectivity index (χ4n) is 4.45. The molecule has 3 fully saturated rings. The summed E-state index contributed by atoms with van der Waals surface area (Å²) in [7, 11) is 0. The second-order valence-electron chi connectivity index (χ2n) is 5.98. The summed E-state index contributed by atoms with van der Waals surface area (Å²) in [5.74, 6) is 0.990. The fraction of sp³-hybridized carbons (Fsp3) is 0.714. The number of fused-ring (bicyclic) bond motifs is 5. The summed E-state index contributed by atoms with van der Waals surface area (Å²) in [6, 6.07) is 0.222. The Morgan fingerprint density at radius 1 is 0.941 bits per heavy atom. The van der Waals surface area contributed by atoms with Crippen LogP contribution in [0.1, 0.15) is 32.1 Å². The maximum Gasteiger partial charge on any atom is 0.233 e. The van der Waals surface area contributed by atoms with E-state index in [1.54, 1.807) is 4.90 Å². The number of hydrogen-bond donors (Lipinski definition) is 0. The van der Waals surface area contributed by atoms with Gasteiger partial charge in [0.1, 0.15) is 0 Å². The lowest BCUT2D eigenvalue weighted by Gasteiger charge is -2.23. The number of amides is 2. The Morgan fingerprint density at radius 2 is 1.47 bits per heavy atom. The summed E-state index contributed by atoms with van der Waals surface area (Å²) in [6.07, 6.45) is 9.75. The maximum absolute atomic E-state index is 12.4. The highest BCUT2D eigenvalue weighted by Crippen LogP contribution is 2.53. The van der Waals surface area contributed by atoms with Crippen LogP contribution in [0.3, 0.4) is 0 Å². The van der Waals surface area contributed by atoms with Gasteiger partial charge in [0.15, 0.2) is 0 Å². The first kappa shape index (κ1) is 9.86. The van der Waals surface area contributed by atoms with Gasteiger partial charge in [0.25, 0.3) is 0 Å². The van der Waals surface area contributed by atoms with E-state index in [2.05, 4.69) is 12.2 Å². The summed E-state index contributed by atoms with van der Waals surface area (Å²) in [5.41, 5.74) is 0. The lowest BCUT2D eigenvalue weighted by molar-refractivity contribution is -0.143. The smallest absolute Gasteiger partial charge is 0.233 e. The van der Waals surface area contributed by atoms with Crippen LogP contribution in [0, 0.1) is 23.7 Å². The summed E-state index contributed by atoms with van der Waals surface area (Å²) in [6.45, 7) is 0.